The molecule has 12 aromatic rings. The Morgan fingerprint density at radius 1 is 0.367 bits per heavy atom. The third-order valence-electron chi connectivity index (χ3n) is 11.6. The van der Waals surface area contributed by atoms with Crippen molar-refractivity contribution < 1.29 is 4.42 Å². The summed E-state index contributed by atoms with van der Waals surface area (Å²) in [6.45, 7) is 0. The third kappa shape index (κ3) is 5.63. The highest BCUT2D eigenvalue weighted by molar-refractivity contribution is 7.22. The number of para-hydroxylation sites is 3. The molecule has 0 aliphatic rings. The minimum atomic E-state index is 0.871. The molecule has 0 amide bonds. The maximum Gasteiger partial charge on any atom is 0.135 e. The van der Waals surface area contributed by atoms with E-state index in [-0.39, 0.29) is 0 Å². The third-order valence-corrected chi connectivity index (χ3v) is 12.7. The first-order valence-electron chi connectivity index (χ1n) is 20.2. The van der Waals surface area contributed by atoms with Crippen LogP contribution in [0.4, 0.5) is 34.1 Å². The molecule has 282 valence electrons. The fourth-order valence-electron chi connectivity index (χ4n) is 8.90. The second-order valence-electron chi connectivity index (χ2n) is 15.1. The molecule has 0 spiro atoms. The van der Waals surface area contributed by atoms with Gasteiger partial charge in [-0.2, -0.15) is 0 Å². The van der Waals surface area contributed by atoms with Crippen molar-refractivity contribution in [2.24, 2.45) is 0 Å². The van der Waals surface area contributed by atoms with Gasteiger partial charge in [0.25, 0.3) is 0 Å². The topological polar surface area (TPSA) is 32.5 Å². The fraction of sp³-hybridized carbons (Fsp3) is 0. The van der Waals surface area contributed by atoms with Gasteiger partial charge < -0.3 is 14.2 Å². The molecule has 12 rings (SSSR count). The minimum absolute atomic E-state index is 0.871. The second-order valence-corrected chi connectivity index (χ2v) is 16.1. The van der Waals surface area contributed by atoms with Crippen LogP contribution in [0.5, 0.6) is 0 Å². The van der Waals surface area contributed by atoms with Gasteiger partial charge in [-0.25, -0.2) is 4.98 Å². The lowest BCUT2D eigenvalue weighted by atomic mass is 10.0. The van der Waals surface area contributed by atoms with Crippen molar-refractivity contribution >= 4 is 110 Å². The summed E-state index contributed by atoms with van der Waals surface area (Å²) in [7, 11) is 0. The van der Waals surface area contributed by atoms with Gasteiger partial charge in [0.1, 0.15) is 16.2 Å². The van der Waals surface area contributed by atoms with Crippen molar-refractivity contribution in [3.05, 3.63) is 212 Å². The van der Waals surface area contributed by atoms with Gasteiger partial charge in [-0.05, 0) is 89.0 Å². The average Bonchev–Trinajstić information content (AvgIpc) is 3.93. The smallest absolute Gasteiger partial charge is 0.135 e. The molecule has 5 heteroatoms. The van der Waals surface area contributed by atoms with Crippen molar-refractivity contribution in [3.63, 3.8) is 0 Å². The van der Waals surface area contributed by atoms with E-state index in [1.165, 1.54) is 26.2 Å². The average molecular weight is 786 g/mol. The van der Waals surface area contributed by atoms with Crippen molar-refractivity contribution in [3.8, 4) is 10.6 Å². The molecule has 0 aliphatic heterocycles. The number of aromatic nitrogens is 1. The van der Waals surface area contributed by atoms with E-state index in [4.69, 9.17) is 9.40 Å². The molecule has 10 aromatic carbocycles. The number of thiazole rings is 1. The molecule has 0 aliphatic carbocycles. The van der Waals surface area contributed by atoms with Crippen LogP contribution >= 0.6 is 11.3 Å². The predicted molar refractivity (Wildman–Crippen MR) is 254 cm³/mol. The van der Waals surface area contributed by atoms with E-state index in [2.05, 4.69) is 210 Å². The van der Waals surface area contributed by atoms with Crippen LogP contribution < -0.4 is 9.80 Å². The summed E-state index contributed by atoms with van der Waals surface area (Å²) in [6, 6.07) is 75.7. The summed E-state index contributed by atoms with van der Waals surface area (Å²) < 4.78 is 7.50. The molecule has 0 radical (unpaired) electrons. The summed E-state index contributed by atoms with van der Waals surface area (Å²) in [4.78, 5) is 10.1. The highest BCUT2D eigenvalue weighted by atomic mass is 32.1. The first-order chi connectivity index (χ1) is 29.7. The predicted octanol–water partition coefficient (Wildman–Crippen LogP) is 16.3. The van der Waals surface area contributed by atoms with Crippen LogP contribution in [0, 0.1) is 0 Å². The van der Waals surface area contributed by atoms with Crippen molar-refractivity contribution in [2.45, 2.75) is 0 Å². The number of benzene rings is 10. The number of hydrogen-bond donors (Lipinski definition) is 0. The van der Waals surface area contributed by atoms with Gasteiger partial charge in [-0.3, -0.25) is 0 Å². The van der Waals surface area contributed by atoms with E-state index in [1.54, 1.807) is 11.3 Å². The molecule has 0 bridgehead atoms. The van der Waals surface area contributed by atoms with E-state index in [0.717, 1.165) is 82.9 Å². The summed E-state index contributed by atoms with van der Waals surface area (Å²) in [5, 5.41) is 10.4. The van der Waals surface area contributed by atoms with E-state index >= 15 is 0 Å². The van der Waals surface area contributed by atoms with Crippen LogP contribution in [0.3, 0.4) is 0 Å². The lowest BCUT2D eigenvalue weighted by Gasteiger charge is -2.31. The molecule has 0 atom stereocenters. The Hall–Kier alpha value is -7.73. The van der Waals surface area contributed by atoms with Gasteiger partial charge in [-0.1, -0.05) is 140 Å². The van der Waals surface area contributed by atoms with Gasteiger partial charge in [-0.15, -0.1) is 11.3 Å². The number of hydrogen-bond acceptors (Lipinski definition) is 5. The Bertz CT molecular complexity index is 3500. The Balaban J connectivity index is 1.06. The minimum Gasteiger partial charge on any atom is -0.456 e. The summed E-state index contributed by atoms with van der Waals surface area (Å²) in [5.41, 5.74) is 10.2. The Kier molecular flexibility index (Phi) is 8.00. The number of anilines is 6. The van der Waals surface area contributed by atoms with Crippen LogP contribution in [0.2, 0.25) is 0 Å². The number of rotatable bonds is 7. The normalized spacial score (nSPS) is 11.7. The Morgan fingerprint density at radius 2 is 0.950 bits per heavy atom. The standard InChI is InChI=1S/C55H35N3OS/c1-3-18-38(19-4-1)57(40-22-15-17-37(33-40)55-56-53-47-27-11-9-24-44(47)45-25-10-12-28-48(45)54(53)60-55)42-32-36-16-7-8-23-43(36)50(35-42)58(39-20-5-2-6-21-39)41-30-31-52-49(34-41)46-26-13-14-29-51(46)59-52/h1-35H. The van der Waals surface area contributed by atoms with Crippen LogP contribution in [-0.4, -0.2) is 4.98 Å². The number of fused-ring (bicyclic) bond motifs is 10. The van der Waals surface area contributed by atoms with Crippen molar-refractivity contribution in [1.29, 1.82) is 0 Å². The first kappa shape index (κ1) is 34.3. The first-order valence-corrected chi connectivity index (χ1v) is 21.0. The summed E-state index contributed by atoms with van der Waals surface area (Å²) in [5.74, 6) is 0. The Labute approximate surface area is 350 Å². The zero-order valence-electron chi connectivity index (χ0n) is 32.4. The Morgan fingerprint density at radius 3 is 1.73 bits per heavy atom. The van der Waals surface area contributed by atoms with Crippen LogP contribution in [0.25, 0.3) is 75.0 Å². The summed E-state index contributed by atoms with van der Waals surface area (Å²) in [6.07, 6.45) is 0. The molecule has 2 aromatic heterocycles. The number of nitrogens with zero attached hydrogens (tertiary/aromatic N) is 3. The lowest BCUT2D eigenvalue weighted by molar-refractivity contribution is 0.669. The molecular formula is C55H35N3OS. The molecule has 0 saturated heterocycles. The SMILES string of the molecule is c1ccc(N(c2cccc(-c3nc4c5ccccc5c5ccccc5c4s3)c2)c2cc(N(c3ccccc3)c3ccc4oc5ccccc5c4c3)c3ccccc3c2)cc1. The monoisotopic (exact) mass is 785 g/mol. The van der Waals surface area contributed by atoms with Gasteiger partial charge in [0.05, 0.1) is 15.9 Å². The maximum absolute atomic E-state index is 6.28. The van der Waals surface area contributed by atoms with E-state index < -0.39 is 0 Å². The molecule has 0 N–H and O–H groups in total. The molecular weight excluding hydrogens is 751 g/mol. The van der Waals surface area contributed by atoms with Gasteiger partial charge in [0.2, 0.25) is 0 Å². The maximum atomic E-state index is 6.28. The van der Waals surface area contributed by atoms with Gasteiger partial charge >= 0.3 is 0 Å². The van der Waals surface area contributed by atoms with Gasteiger partial charge in [0.15, 0.2) is 0 Å². The van der Waals surface area contributed by atoms with Crippen LogP contribution in [0.15, 0.2) is 217 Å². The second kappa shape index (κ2) is 14.0. The van der Waals surface area contributed by atoms with E-state index in [0.29, 0.717) is 0 Å². The highest BCUT2D eigenvalue weighted by Gasteiger charge is 2.22. The van der Waals surface area contributed by atoms with Crippen LogP contribution in [-0.2, 0) is 0 Å². The zero-order valence-corrected chi connectivity index (χ0v) is 33.2. The van der Waals surface area contributed by atoms with Gasteiger partial charge in [0, 0.05) is 60.9 Å². The quantitative estimate of drug-likeness (QED) is 0.151. The van der Waals surface area contributed by atoms with Crippen LogP contribution in [0.1, 0.15) is 0 Å². The summed E-state index contributed by atoms with van der Waals surface area (Å²) >= 11 is 1.77. The highest BCUT2D eigenvalue weighted by Crippen LogP contribution is 2.47. The zero-order chi connectivity index (χ0) is 39.6. The molecule has 60 heavy (non-hydrogen) atoms. The van der Waals surface area contributed by atoms with Crippen molar-refractivity contribution in [2.75, 3.05) is 9.80 Å². The molecule has 4 nitrogen and oxygen atoms in total. The van der Waals surface area contributed by atoms with E-state index in [1.807, 2.05) is 12.1 Å². The van der Waals surface area contributed by atoms with Crippen molar-refractivity contribution in [1.82, 2.24) is 4.98 Å². The molecule has 0 fully saturated rings. The molecule has 0 saturated carbocycles. The lowest BCUT2D eigenvalue weighted by Crippen LogP contribution is -2.14. The number of furan rings is 1. The molecule has 0 unspecified atom stereocenters. The largest absolute Gasteiger partial charge is 0.456 e. The fourth-order valence-corrected chi connectivity index (χ4v) is 10.0. The molecule has 2 heterocycles. The van der Waals surface area contributed by atoms with E-state index in [9.17, 15) is 0 Å².